The first-order valence-corrected chi connectivity index (χ1v) is 8.88. The summed E-state index contributed by atoms with van der Waals surface area (Å²) in [6, 6.07) is 15.3. The van der Waals surface area contributed by atoms with Crippen LogP contribution in [0.5, 0.6) is 11.5 Å². The van der Waals surface area contributed by atoms with Gasteiger partial charge in [0.05, 0.1) is 20.1 Å². The normalized spacial score (nSPS) is 11.4. The van der Waals surface area contributed by atoms with Gasteiger partial charge in [-0.3, -0.25) is 4.79 Å². The first-order chi connectivity index (χ1) is 12.5. The Kier molecular flexibility index (Phi) is 9.68. The Morgan fingerprint density at radius 2 is 1.56 bits per heavy atom. The number of rotatable bonds is 9. The van der Waals surface area contributed by atoms with E-state index in [0.717, 1.165) is 11.3 Å². The van der Waals surface area contributed by atoms with E-state index in [1.54, 1.807) is 7.11 Å². The third-order valence-electron chi connectivity index (χ3n) is 4.21. The second-order valence-corrected chi connectivity index (χ2v) is 6.51. The van der Waals surface area contributed by atoms with Crippen LogP contribution >= 0.6 is 12.4 Å². The van der Waals surface area contributed by atoms with E-state index >= 15 is 0 Å². The molecule has 148 valence electrons. The van der Waals surface area contributed by atoms with Crippen molar-refractivity contribution in [3.05, 3.63) is 59.7 Å². The topological polar surface area (TPSA) is 73.6 Å². The Bertz CT molecular complexity index is 688. The van der Waals surface area contributed by atoms with Crippen molar-refractivity contribution in [2.75, 3.05) is 20.3 Å². The van der Waals surface area contributed by atoms with Crippen molar-refractivity contribution in [3.63, 3.8) is 0 Å². The van der Waals surface area contributed by atoms with Gasteiger partial charge in [-0.15, -0.1) is 12.4 Å². The van der Waals surface area contributed by atoms with Gasteiger partial charge in [0.15, 0.2) is 0 Å². The van der Waals surface area contributed by atoms with Crippen LogP contribution in [0.2, 0.25) is 0 Å². The van der Waals surface area contributed by atoms with E-state index in [2.05, 4.69) is 31.3 Å². The van der Waals surface area contributed by atoms with Crippen molar-refractivity contribution in [1.29, 1.82) is 0 Å². The van der Waals surface area contributed by atoms with Crippen molar-refractivity contribution in [2.45, 2.75) is 32.2 Å². The van der Waals surface area contributed by atoms with Gasteiger partial charge in [-0.25, -0.2) is 0 Å². The number of benzene rings is 2. The highest BCUT2D eigenvalue weighted by atomic mass is 35.5. The lowest BCUT2D eigenvalue weighted by atomic mass is 9.99. The molecule has 0 aromatic heterocycles. The molecule has 0 spiro atoms. The molecule has 6 heteroatoms. The maximum Gasteiger partial charge on any atom is 0.223 e. The minimum Gasteiger partial charge on any atom is -0.497 e. The predicted molar refractivity (Wildman–Crippen MR) is 111 cm³/mol. The van der Waals surface area contributed by atoms with Gasteiger partial charge < -0.3 is 20.5 Å². The molecule has 5 nitrogen and oxygen atoms in total. The van der Waals surface area contributed by atoms with Gasteiger partial charge in [0.25, 0.3) is 0 Å². The molecule has 0 saturated carbocycles. The molecule has 0 bridgehead atoms. The third kappa shape index (κ3) is 7.49. The summed E-state index contributed by atoms with van der Waals surface area (Å²) >= 11 is 0. The largest absolute Gasteiger partial charge is 0.497 e. The maximum absolute atomic E-state index is 11.9. The maximum atomic E-state index is 11.9. The van der Waals surface area contributed by atoms with E-state index in [1.165, 1.54) is 5.56 Å². The monoisotopic (exact) mass is 392 g/mol. The van der Waals surface area contributed by atoms with Gasteiger partial charge in [-0.2, -0.15) is 0 Å². The number of amides is 1. The molecular formula is C21H29ClN2O3. The highest BCUT2D eigenvalue weighted by molar-refractivity contribution is 5.85. The smallest absolute Gasteiger partial charge is 0.223 e. The van der Waals surface area contributed by atoms with Gasteiger partial charge in [0.2, 0.25) is 5.91 Å². The van der Waals surface area contributed by atoms with Gasteiger partial charge in [-0.1, -0.05) is 38.1 Å². The SMILES string of the molecule is COc1ccc(OCCC(=O)NCC(N)c2ccc(C(C)C)cc2)cc1.Cl. The lowest BCUT2D eigenvalue weighted by molar-refractivity contribution is -0.121. The molecule has 0 heterocycles. The molecule has 0 aliphatic carbocycles. The third-order valence-corrected chi connectivity index (χ3v) is 4.21. The molecule has 0 saturated heterocycles. The summed E-state index contributed by atoms with van der Waals surface area (Å²) < 4.78 is 10.6. The first kappa shape index (κ1) is 22.8. The number of nitrogens with one attached hydrogen (secondary N) is 1. The number of carbonyl (C=O) groups is 1. The zero-order chi connectivity index (χ0) is 18.9. The minimum atomic E-state index is -0.220. The average Bonchev–Trinajstić information content (AvgIpc) is 2.66. The Morgan fingerprint density at radius 1 is 1.00 bits per heavy atom. The Hall–Kier alpha value is -2.24. The predicted octanol–water partition coefficient (Wildman–Crippen LogP) is 3.83. The fourth-order valence-electron chi connectivity index (χ4n) is 2.49. The number of carbonyl (C=O) groups excluding carboxylic acids is 1. The molecule has 2 rings (SSSR count). The zero-order valence-electron chi connectivity index (χ0n) is 16.1. The van der Waals surface area contributed by atoms with Crippen molar-refractivity contribution in [2.24, 2.45) is 5.73 Å². The summed E-state index contributed by atoms with van der Waals surface area (Å²) in [5.74, 6) is 1.89. The summed E-state index contributed by atoms with van der Waals surface area (Å²) in [5.41, 5.74) is 8.45. The molecular weight excluding hydrogens is 364 g/mol. The average molecular weight is 393 g/mol. The van der Waals surface area contributed by atoms with E-state index in [-0.39, 0.29) is 30.8 Å². The molecule has 1 amide bonds. The molecule has 2 aromatic rings. The van der Waals surface area contributed by atoms with Crippen molar-refractivity contribution < 1.29 is 14.3 Å². The number of ether oxygens (including phenoxy) is 2. The van der Waals surface area contributed by atoms with E-state index < -0.39 is 0 Å². The van der Waals surface area contributed by atoms with Crippen LogP contribution in [0.25, 0.3) is 0 Å². The first-order valence-electron chi connectivity index (χ1n) is 8.88. The van der Waals surface area contributed by atoms with Crippen LogP contribution in [0.1, 0.15) is 43.4 Å². The van der Waals surface area contributed by atoms with Crippen molar-refractivity contribution in [1.82, 2.24) is 5.32 Å². The van der Waals surface area contributed by atoms with Gasteiger partial charge >= 0.3 is 0 Å². The Labute approximate surface area is 167 Å². The van der Waals surface area contributed by atoms with Crippen LogP contribution in [-0.2, 0) is 4.79 Å². The molecule has 1 atom stereocenters. The summed E-state index contributed by atoms with van der Waals surface area (Å²) in [6.45, 7) is 5.03. The second-order valence-electron chi connectivity index (χ2n) is 6.51. The number of nitrogens with two attached hydrogens (primary N) is 1. The van der Waals surface area contributed by atoms with E-state index in [0.29, 0.717) is 24.8 Å². The van der Waals surface area contributed by atoms with Crippen molar-refractivity contribution in [3.8, 4) is 11.5 Å². The molecule has 3 N–H and O–H groups in total. The van der Waals surface area contributed by atoms with Crippen LogP contribution in [0.4, 0.5) is 0 Å². The van der Waals surface area contributed by atoms with E-state index in [4.69, 9.17) is 15.2 Å². The molecule has 1 unspecified atom stereocenters. The minimum absolute atomic E-state index is 0. The number of hydrogen-bond donors (Lipinski definition) is 2. The van der Waals surface area contributed by atoms with Gasteiger partial charge in [0.1, 0.15) is 11.5 Å². The highest BCUT2D eigenvalue weighted by Gasteiger charge is 2.09. The summed E-state index contributed by atoms with van der Waals surface area (Å²) in [7, 11) is 1.61. The van der Waals surface area contributed by atoms with Crippen molar-refractivity contribution >= 4 is 18.3 Å². The number of hydrogen-bond acceptors (Lipinski definition) is 4. The fraction of sp³-hybridized carbons (Fsp3) is 0.381. The van der Waals surface area contributed by atoms with Crippen LogP contribution in [0.15, 0.2) is 48.5 Å². The summed E-state index contributed by atoms with van der Waals surface area (Å²) in [4.78, 5) is 11.9. The zero-order valence-corrected chi connectivity index (χ0v) is 16.9. The standard InChI is InChI=1S/C21H28N2O3.ClH/c1-15(2)16-4-6-17(7-5-16)20(22)14-23-21(24)12-13-26-19-10-8-18(25-3)9-11-19;/h4-11,15,20H,12-14,22H2,1-3H3,(H,23,24);1H. The molecule has 0 radical (unpaired) electrons. The van der Waals surface area contributed by atoms with Gasteiger partial charge in [-0.05, 0) is 41.3 Å². The lowest BCUT2D eigenvalue weighted by Gasteiger charge is -2.15. The van der Waals surface area contributed by atoms with Crippen LogP contribution in [0, 0.1) is 0 Å². The quantitative estimate of drug-likeness (QED) is 0.680. The fourth-order valence-corrected chi connectivity index (χ4v) is 2.49. The number of methoxy groups -OCH3 is 1. The summed E-state index contributed by atoms with van der Waals surface area (Å²) in [6.07, 6.45) is 0.283. The Morgan fingerprint density at radius 3 is 2.11 bits per heavy atom. The highest BCUT2D eigenvalue weighted by Crippen LogP contribution is 2.18. The lowest BCUT2D eigenvalue weighted by Crippen LogP contribution is -2.32. The Balaban J connectivity index is 0.00000364. The molecule has 0 aliphatic heterocycles. The summed E-state index contributed by atoms with van der Waals surface area (Å²) in [5, 5.41) is 2.86. The molecule has 0 aliphatic rings. The number of halogens is 1. The van der Waals surface area contributed by atoms with Crippen LogP contribution in [-0.4, -0.2) is 26.2 Å². The van der Waals surface area contributed by atoms with Gasteiger partial charge in [0, 0.05) is 12.6 Å². The molecule has 27 heavy (non-hydrogen) atoms. The molecule has 0 fully saturated rings. The second kappa shape index (κ2) is 11.5. The molecule has 2 aromatic carbocycles. The van der Waals surface area contributed by atoms with E-state index in [1.807, 2.05) is 36.4 Å². The van der Waals surface area contributed by atoms with Crippen LogP contribution in [0.3, 0.4) is 0 Å². The van der Waals surface area contributed by atoms with E-state index in [9.17, 15) is 4.79 Å². The van der Waals surface area contributed by atoms with Crippen LogP contribution < -0.4 is 20.5 Å².